The van der Waals surface area contributed by atoms with Crippen LogP contribution >= 0.6 is 11.8 Å². The number of rotatable bonds is 3. The zero-order valence-electron chi connectivity index (χ0n) is 8.29. The lowest BCUT2D eigenvalue weighted by atomic mass is 9.95. The third kappa shape index (κ3) is 1.51. The van der Waals surface area contributed by atoms with E-state index in [0.717, 1.165) is 18.4 Å². The van der Waals surface area contributed by atoms with E-state index >= 15 is 0 Å². The van der Waals surface area contributed by atoms with Crippen molar-refractivity contribution in [1.82, 2.24) is 0 Å². The smallest absolute Gasteiger partial charge is 0.119 e. The zero-order chi connectivity index (χ0) is 10.2. The first-order chi connectivity index (χ1) is 6.72. The summed E-state index contributed by atoms with van der Waals surface area (Å²) in [5.74, 6) is 0.394. The number of thioether (sulfide) groups is 1. The van der Waals surface area contributed by atoms with E-state index in [1.165, 1.54) is 4.90 Å². The fourth-order valence-electron chi connectivity index (χ4n) is 1.80. The molecule has 0 radical (unpaired) electrons. The summed E-state index contributed by atoms with van der Waals surface area (Å²) in [7, 11) is 0. The van der Waals surface area contributed by atoms with Crippen LogP contribution in [0.5, 0.6) is 5.75 Å². The summed E-state index contributed by atoms with van der Waals surface area (Å²) in [6.07, 6.45) is 4.25. The highest BCUT2D eigenvalue weighted by molar-refractivity contribution is 7.98. The minimum absolute atomic E-state index is 0.0792. The molecule has 0 bridgehead atoms. The highest BCUT2D eigenvalue weighted by atomic mass is 32.2. The lowest BCUT2D eigenvalue weighted by Crippen LogP contribution is -2.19. The van der Waals surface area contributed by atoms with E-state index in [4.69, 9.17) is 5.73 Å². The summed E-state index contributed by atoms with van der Waals surface area (Å²) in [6.45, 7) is 0.637. The van der Waals surface area contributed by atoms with Crippen molar-refractivity contribution >= 4 is 11.8 Å². The van der Waals surface area contributed by atoms with Crippen LogP contribution in [0.1, 0.15) is 18.4 Å². The molecule has 2 rings (SSSR count). The number of hydrogen-bond donors (Lipinski definition) is 2. The topological polar surface area (TPSA) is 46.2 Å². The molecule has 0 unspecified atom stereocenters. The van der Waals surface area contributed by atoms with Crippen LogP contribution in [0.4, 0.5) is 0 Å². The highest BCUT2D eigenvalue weighted by Crippen LogP contribution is 2.50. The molecule has 3 heteroatoms. The van der Waals surface area contributed by atoms with Crippen LogP contribution in [0, 0.1) is 0 Å². The minimum atomic E-state index is 0.0792. The molecule has 3 N–H and O–H groups in total. The van der Waals surface area contributed by atoms with Gasteiger partial charge in [-0.1, -0.05) is 0 Å². The van der Waals surface area contributed by atoms with Crippen LogP contribution in [0.2, 0.25) is 0 Å². The van der Waals surface area contributed by atoms with E-state index in [1.807, 2.05) is 12.3 Å². The Morgan fingerprint density at radius 2 is 2.21 bits per heavy atom. The molecule has 0 aromatic heterocycles. The third-order valence-corrected chi connectivity index (χ3v) is 3.74. The molecule has 1 aromatic carbocycles. The second-order valence-corrected chi connectivity index (χ2v) is 4.75. The molecule has 0 amide bonds. The first-order valence-electron chi connectivity index (χ1n) is 4.79. The molecule has 1 fully saturated rings. The standard InChI is InChI=1S/C11H15NOS/c1-14-8-2-3-10(13)9(6-8)11(7-12)4-5-11/h2-3,6,13H,4-5,7,12H2,1H3. The maximum Gasteiger partial charge on any atom is 0.119 e. The first kappa shape index (κ1) is 9.87. The number of aromatic hydroxyl groups is 1. The predicted octanol–water partition coefficient (Wildman–Crippen LogP) is 2.10. The lowest BCUT2D eigenvalue weighted by Gasteiger charge is -2.15. The van der Waals surface area contributed by atoms with Gasteiger partial charge in [-0.15, -0.1) is 11.8 Å². The Hall–Kier alpha value is -0.670. The molecular formula is C11H15NOS. The lowest BCUT2D eigenvalue weighted by molar-refractivity contribution is 0.458. The van der Waals surface area contributed by atoms with Crippen LogP contribution in [0.3, 0.4) is 0 Å². The largest absolute Gasteiger partial charge is 0.508 e. The number of phenols is 1. The maximum absolute atomic E-state index is 9.77. The summed E-state index contributed by atoms with van der Waals surface area (Å²) in [5.41, 5.74) is 6.86. The quantitative estimate of drug-likeness (QED) is 0.749. The Kier molecular flexibility index (Phi) is 2.45. The normalized spacial score (nSPS) is 18.1. The first-order valence-corrected chi connectivity index (χ1v) is 6.02. The second kappa shape index (κ2) is 3.48. The number of nitrogens with two attached hydrogens (primary N) is 1. The van der Waals surface area contributed by atoms with Gasteiger partial charge in [-0.05, 0) is 37.3 Å². The van der Waals surface area contributed by atoms with Crippen LogP contribution in [-0.2, 0) is 5.41 Å². The maximum atomic E-state index is 9.77. The zero-order valence-corrected chi connectivity index (χ0v) is 9.10. The monoisotopic (exact) mass is 209 g/mol. The van der Waals surface area contributed by atoms with Gasteiger partial charge in [-0.3, -0.25) is 0 Å². The fourth-order valence-corrected chi connectivity index (χ4v) is 2.24. The molecule has 76 valence electrons. The molecule has 1 aliphatic rings. The number of hydrogen-bond acceptors (Lipinski definition) is 3. The Labute approximate surface area is 88.5 Å². The van der Waals surface area contributed by atoms with E-state index in [9.17, 15) is 5.11 Å². The van der Waals surface area contributed by atoms with Crippen molar-refractivity contribution in [2.24, 2.45) is 5.73 Å². The Morgan fingerprint density at radius 3 is 2.71 bits per heavy atom. The van der Waals surface area contributed by atoms with Crippen molar-refractivity contribution in [3.8, 4) is 5.75 Å². The molecule has 2 nitrogen and oxygen atoms in total. The SMILES string of the molecule is CSc1ccc(O)c(C2(CN)CC2)c1. The van der Waals surface area contributed by atoms with Gasteiger partial charge in [0, 0.05) is 22.4 Å². The summed E-state index contributed by atoms with van der Waals surface area (Å²) in [5, 5.41) is 9.77. The minimum Gasteiger partial charge on any atom is -0.508 e. The second-order valence-electron chi connectivity index (χ2n) is 3.87. The average Bonchev–Trinajstić information content (AvgIpc) is 2.99. The number of phenolic OH excluding ortho intramolecular Hbond substituents is 1. The van der Waals surface area contributed by atoms with E-state index in [-0.39, 0.29) is 5.41 Å². The Morgan fingerprint density at radius 1 is 1.50 bits per heavy atom. The van der Waals surface area contributed by atoms with Gasteiger partial charge >= 0.3 is 0 Å². The summed E-state index contributed by atoms with van der Waals surface area (Å²) >= 11 is 1.69. The number of benzene rings is 1. The van der Waals surface area contributed by atoms with Crippen molar-refractivity contribution in [2.45, 2.75) is 23.2 Å². The summed E-state index contributed by atoms with van der Waals surface area (Å²) < 4.78 is 0. The van der Waals surface area contributed by atoms with Crippen molar-refractivity contribution in [1.29, 1.82) is 0 Å². The van der Waals surface area contributed by atoms with E-state index in [2.05, 4.69) is 6.07 Å². The predicted molar refractivity (Wildman–Crippen MR) is 59.9 cm³/mol. The van der Waals surface area contributed by atoms with Gasteiger partial charge in [0.2, 0.25) is 0 Å². The molecule has 0 saturated heterocycles. The van der Waals surface area contributed by atoms with Crippen molar-refractivity contribution in [2.75, 3.05) is 12.8 Å². The Balaban J connectivity index is 2.41. The molecule has 1 aromatic rings. The molecule has 0 aliphatic heterocycles. The highest BCUT2D eigenvalue weighted by Gasteiger charge is 2.44. The summed E-state index contributed by atoms with van der Waals surface area (Å²) in [6, 6.07) is 5.78. The van der Waals surface area contributed by atoms with Gasteiger partial charge in [-0.25, -0.2) is 0 Å². The Bertz CT molecular complexity index is 347. The van der Waals surface area contributed by atoms with Crippen molar-refractivity contribution < 1.29 is 5.11 Å². The van der Waals surface area contributed by atoms with Crippen LogP contribution in [0.15, 0.2) is 23.1 Å². The molecule has 1 aliphatic carbocycles. The van der Waals surface area contributed by atoms with Crippen molar-refractivity contribution in [3.05, 3.63) is 23.8 Å². The third-order valence-electron chi connectivity index (χ3n) is 3.02. The summed E-state index contributed by atoms with van der Waals surface area (Å²) in [4.78, 5) is 1.19. The van der Waals surface area contributed by atoms with Crippen LogP contribution < -0.4 is 5.73 Å². The van der Waals surface area contributed by atoms with Crippen molar-refractivity contribution in [3.63, 3.8) is 0 Å². The van der Waals surface area contributed by atoms with Gasteiger partial charge < -0.3 is 10.8 Å². The van der Waals surface area contributed by atoms with Gasteiger partial charge in [0.1, 0.15) is 5.75 Å². The van der Waals surface area contributed by atoms with Gasteiger partial charge in [0.25, 0.3) is 0 Å². The van der Waals surface area contributed by atoms with Crippen LogP contribution in [-0.4, -0.2) is 17.9 Å². The van der Waals surface area contributed by atoms with Gasteiger partial charge in [-0.2, -0.15) is 0 Å². The molecule has 0 atom stereocenters. The fraction of sp³-hybridized carbons (Fsp3) is 0.455. The van der Waals surface area contributed by atoms with Gasteiger partial charge in [0.15, 0.2) is 0 Å². The van der Waals surface area contributed by atoms with E-state index in [1.54, 1.807) is 17.8 Å². The average molecular weight is 209 g/mol. The molecule has 0 heterocycles. The molecule has 14 heavy (non-hydrogen) atoms. The molecule has 1 saturated carbocycles. The molecule has 0 spiro atoms. The molecular weight excluding hydrogens is 194 g/mol. The van der Waals surface area contributed by atoms with E-state index in [0.29, 0.717) is 12.3 Å². The van der Waals surface area contributed by atoms with E-state index < -0.39 is 0 Å². The van der Waals surface area contributed by atoms with Crippen LogP contribution in [0.25, 0.3) is 0 Å². The van der Waals surface area contributed by atoms with Gasteiger partial charge in [0.05, 0.1) is 0 Å².